The van der Waals surface area contributed by atoms with Gasteiger partial charge in [-0.2, -0.15) is 5.26 Å². The van der Waals surface area contributed by atoms with Crippen LogP contribution in [0.15, 0.2) is 35.7 Å². The van der Waals surface area contributed by atoms with E-state index >= 15 is 0 Å². The standard InChI is InChI=1S/C14H14N2OS/c1-17-12-5-4-11(10-15)14(9-12)16-7-6-13-3-2-8-18-13/h2-5,8-9,16H,6-7H2,1H3. The molecule has 0 atom stereocenters. The van der Waals surface area contributed by atoms with Gasteiger partial charge in [-0.3, -0.25) is 0 Å². The molecule has 0 bridgehead atoms. The van der Waals surface area contributed by atoms with E-state index in [0.717, 1.165) is 24.4 Å². The maximum atomic E-state index is 9.04. The summed E-state index contributed by atoms with van der Waals surface area (Å²) in [5, 5.41) is 14.4. The summed E-state index contributed by atoms with van der Waals surface area (Å²) in [4.78, 5) is 1.34. The van der Waals surface area contributed by atoms with Gasteiger partial charge in [0.25, 0.3) is 0 Å². The van der Waals surface area contributed by atoms with Crippen LogP contribution < -0.4 is 10.1 Å². The third kappa shape index (κ3) is 3.02. The minimum absolute atomic E-state index is 0.641. The molecule has 2 aromatic rings. The first-order valence-electron chi connectivity index (χ1n) is 5.68. The largest absolute Gasteiger partial charge is 0.497 e. The van der Waals surface area contributed by atoms with Crippen LogP contribution in [0.1, 0.15) is 10.4 Å². The van der Waals surface area contributed by atoms with E-state index in [1.807, 2.05) is 12.1 Å². The minimum Gasteiger partial charge on any atom is -0.497 e. The summed E-state index contributed by atoms with van der Waals surface area (Å²) in [5.41, 5.74) is 1.47. The summed E-state index contributed by atoms with van der Waals surface area (Å²) in [5.74, 6) is 0.757. The molecule has 3 nitrogen and oxygen atoms in total. The Morgan fingerprint density at radius 1 is 1.39 bits per heavy atom. The highest BCUT2D eigenvalue weighted by atomic mass is 32.1. The molecule has 0 aliphatic rings. The van der Waals surface area contributed by atoms with Crippen molar-refractivity contribution in [2.75, 3.05) is 19.0 Å². The van der Waals surface area contributed by atoms with Crippen molar-refractivity contribution in [3.05, 3.63) is 46.2 Å². The van der Waals surface area contributed by atoms with Crippen molar-refractivity contribution in [1.82, 2.24) is 0 Å². The number of benzene rings is 1. The zero-order valence-corrected chi connectivity index (χ0v) is 11.0. The Morgan fingerprint density at radius 3 is 2.94 bits per heavy atom. The van der Waals surface area contributed by atoms with Gasteiger partial charge in [-0.25, -0.2) is 0 Å². The van der Waals surface area contributed by atoms with E-state index in [4.69, 9.17) is 10.00 Å². The number of hydrogen-bond donors (Lipinski definition) is 1. The lowest BCUT2D eigenvalue weighted by Crippen LogP contribution is -2.05. The molecule has 2 rings (SSSR count). The zero-order chi connectivity index (χ0) is 12.8. The zero-order valence-electron chi connectivity index (χ0n) is 10.1. The lowest BCUT2D eigenvalue weighted by Gasteiger charge is -2.09. The Balaban J connectivity index is 2.01. The molecule has 0 aliphatic carbocycles. The fourth-order valence-corrected chi connectivity index (χ4v) is 2.38. The molecule has 1 heterocycles. The van der Waals surface area contributed by atoms with E-state index in [1.54, 1.807) is 30.6 Å². The number of thiophene rings is 1. The van der Waals surface area contributed by atoms with Crippen LogP contribution in [-0.4, -0.2) is 13.7 Å². The summed E-state index contributed by atoms with van der Waals surface area (Å²) in [6, 6.07) is 11.8. The van der Waals surface area contributed by atoms with Crippen molar-refractivity contribution in [2.24, 2.45) is 0 Å². The van der Waals surface area contributed by atoms with Crippen molar-refractivity contribution < 1.29 is 4.74 Å². The van der Waals surface area contributed by atoms with Crippen molar-refractivity contribution in [2.45, 2.75) is 6.42 Å². The van der Waals surface area contributed by atoms with E-state index in [9.17, 15) is 0 Å². The van der Waals surface area contributed by atoms with Crippen LogP contribution in [0, 0.1) is 11.3 Å². The Bertz CT molecular complexity index is 543. The third-order valence-corrected chi connectivity index (χ3v) is 3.55. The van der Waals surface area contributed by atoms with Crippen molar-refractivity contribution in [3.8, 4) is 11.8 Å². The van der Waals surface area contributed by atoms with Crippen LogP contribution in [0.4, 0.5) is 5.69 Å². The number of hydrogen-bond acceptors (Lipinski definition) is 4. The van der Waals surface area contributed by atoms with Gasteiger partial charge in [0, 0.05) is 17.5 Å². The fraction of sp³-hybridized carbons (Fsp3) is 0.214. The topological polar surface area (TPSA) is 45.0 Å². The molecule has 92 valence electrons. The fourth-order valence-electron chi connectivity index (χ4n) is 1.67. The van der Waals surface area contributed by atoms with Gasteiger partial charge in [0.15, 0.2) is 0 Å². The second-order valence-electron chi connectivity index (χ2n) is 3.78. The highest BCUT2D eigenvalue weighted by Gasteiger charge is 2.03. The summed E-state index contributed by atoms with van der Waals surface area (Å²) < 4.78 is 5.16. The molecule has 0 aliphatic heterocycles. The second kappa shape index (κ2) is 6.08. The SMILES string of the molecule is COc1ccc(C#N)c(NCCc2cccs2)c1. The van der Waals surface area contributed by atoms with Crippen LogP contribution >= 0.6 is 11.3 Å². The van der Waals surface area contributed by atoms with Gasteiger partial charge in [-0.05, 0) is 30.0 Å². The number of nitrogens with one attached hydrogen (secondary N) is 1. The predicted molar refractivity (Wildman–Crippen MR) is 74.2 cm³/mol. The van der Waals surface area contributed by atoms with Gasteiger partial charge in [-0.15, -0.1) is 11.3 Å². The number of ether oxygens (including phenoxy) is 1. The van der Waals surface area contributed by atoms with Gasteiger partial charge in [0.1, 0.15) is 11.8 Å². The molecular formula is C14H14N2OS. The van der Waals surface area contributed by atoms with Crippen LogP contribution in [0.2, 0.25) is 0 Å². The number of rotatable bonds is 5. The second-order valence-corrected chi connectivity index (χ2v) is 4.81. The highest BCUT2D eigenvalue weighted by molar-refractivity contribution is 7.09. The molecule has 18 heavy (non-hydrogen) atoms. The molecular weight excluding hydrogens is 244 g/mol. The number of methoxy groups -OCH3 is 1. The maximum Gasteiger partial charge on any atom is 0.121 e. The number of anilines is 1. The molecule has 0 amide bonds. The Labute approximate surface area is 111 Å². The quantitative estimate of drug-likeness (QED) is 0.895. The summed E-state index contributed by atoms with van der Waals surface area (Å²) in [6.07, 6.45) is 0.958. The molecule has 4 heteroatoms. The molecule has 0 spiro atoms. The normalized spacial score (nSPS) is 9.78. The van der Waals surface area contributed by atoms with Gasteiger partial charge in [-0.1, -0.05) is 6.07 Å². The molecule has 1 N–H and O–H groups in total. The maximum absolute atomic E-state index is 9.04. The summed E-state index contributed by atoms with van der Waals surface area (Å²) >= 11 is 1.75. The van der Waals surface area contributed by atoms with Gasteiger partial charge < -0.3 is 10.1 Å². The lowest BCUT2D eigenvalue weighted by atomic mass is 10.2. The average molecular weight is 258 g/mol. The minimum atomic E-state index is 0.641. The Kier molecular flexibility index (Phi) is 4.21. The average Bonchev–Trinajstić information content (AvgIpc) is 2.92. The van der Waals surface area contributed by atoms with Crippen molar-refractivity contribution in [3.63, 3.8) is 0 Å². The smallest absolute Gasteiger partial charge is 0.121 e. The van der Waals surface area contributed by atoms with E-state index in [1.165, 1.54) is 4.88 Å². The van der Waals surface area contributed by atoms with E-state index in [2.05, 4.69) is 22.8 Å². The van der Waals surface area contributed by atoms with Gasteiger partial charge in [0.2, 0.25) is 0 Å². The number of nitrogens with zero attached hydrogens (tertiary/aromatic N) is 1. The lowest BCUT2D eigenvalue weighted by molar-refractivity contribution is 0.415. The van der Waals surface area contributed by atoms with Crippen molar-refractivity contribution >= 4 is 17.0 Å². The van der Waals surface area contributed by atoms with E-state index < -0.39 is 0 Å². The van der Waals surface area contributed by atoms with Gasteiger partial charge in [0.05, 0.1) is 18.4 Å². The van der Waals surface area contributed by atoms with Crippen LogP contribution in [-0.2, 0) is 6.42 Å². The molecule has 0 fully saturated rings. The molecule has 0 unspecified atom stereocenters. The van der Waals surface area contributed by atoms with E-state index in [-0.39, 0.29) is 0 Å². The molecule has 0 saturated carbocycles. The predicted octanol–water partition coefficient (Wildman–Crippen LogP) is 3.28. The Hall–Kier alpha value is -1.99. The van der Waals surface area contributed by atoms with Crippen molar-refractivity contribution in [1.29, 1.82) is 5.26 Å². The monoisotopic (exact) mass is 258 g/mol. The van der Waals surface area contributed by atoms with Crippen LogP contribution in [0.25, 0.3) is 0 Å². The molecule has 0 saturated heterocycles. The first-order chi connectivity index (χ1) is 8.83. The third-order valence-electron chi connectivity index (χ3n) is 2.61. The van der Waals surface area contributed by atoms with Gasteiger partial charge >= 0.3 is 0 Å². The van der Waals surface area contributed by atoms with Crippen LogP contribution in [0.5, 0.6) is 5.75 Å². The first kappa shape index (κ1) is 12.5. The molecule has 1 aromatic carbocycles. The highest BCUT2D eigenvalue weighted by Crippen LogP contribution is 2.22. The first-order valence-corrected chi connectivity index (χ1v) is 6.56. The van der Waals surface area contributed by atoms with Crippen LogP contribution in [0.3, 0.4) is 0 Å². The summed E-state index contributed by atoms with van der Waals surface area (Å²) in [7, 11) is 1.62. The number of nitriles is 1. The Morgan fingerprint density at radius 2 is 2.28 bits per heavy atom. The summed E-state index contributed by atoms with van der Waals surface area (Å²) in [6.45, 7) is 0.808. The molecule has 1 aromatic heterocycles. The molecule has 0 radical (unpaired) electrons. The van der Waals surface area contributed by atoms with E-state index in [0.29, 0.717) is 5.56 Å².